The molecule has 6 nitrogen and oxygen atoms in total. The highest BCUT2D eigenvalue weighted by atomic mass is 79.9. The third-order valence-corrected chi connectivity index (χ3v) is 3.59. The molecule has 1 aliphatic heterocycles. The number of carbonyl (C=O) groups is 2. The minimum Gasteiger partial charge on any atom is -0.274 e. The standard InChI is InChI=1S/C11H8BrFN2O4/c12-5-6-3-10(16)14(11(6)17)9-4-7(15(18)19)1-2-8(9)13/h1-2,4,6H,3,5H2. The van der Waals surface area contributed by atoms with Crippen LogP contribution in [0.4, 0.5) is 15.8 Å². The van der Waals surface area contributed by atoms with Crippen molar-refractivity contribution in [1.82, 2.24) is 0 Å². The van der Waals surface area contributed by atoms with Gasteiger partial charge in [-0.3, -0.25) is 19.7 Å². The molecule has 100 valence electrons. The van der Waals surface area contributed by atoms with Crippen LogP contribution in [0.5, 0.6) is 0 Å². The molecule has 1 aromatic rings. The van der Waals surface area contributed by atoms with Crippen molar-refractivity contribution >= 4 is 39.1 Å². The van der Waals surface area contributed by atoms with Gasteiger partial charge in [0.1, 0.15) is 5.82 Å². The fourth-order valence-electron chi connectivity index (χ4n) is 1.85. The molecule has 2 amide bonds. The van der Waals surface area contributed by atoms with Crippen molar-refractivity contribution in [2.75, 3.05) is 10.2 Å². The number of carbonyl (C=O) groups excluding carboxylic acids is 2. The number of hydrogen-bond acceptors (Lipinski definition) is 4. The number of imide groups is 1. The molecule has 0 saturated carbocycles. The van der Waals surface area contributed by atoms with Gasteiger partial charge in [0.05, 0.1) is 16.5 Å². The van der Waals surface area contributed by atoms with Gasteiger partial charge in [-0.1, -0.05) is 15.9 Å². The molecule has 0 aromatic heterocycles. The summed E-state index contributed by atoms with van der Waals surface area (Å²) >= 11 is 3.10. The Labute approximate surface area is 115 Å². The van der Waals surface area contributed by atoms with Crippen LogP contribution in [0, 0.1) is 21.8 Å². The van der Waals surface area contributed by atoms with Crippen molar-refractivity contribution in [2.24, 2.45) is 5.92 Å². The summed E-state index contributed by atoms with van der Waals surface area (Å²) in [6.45, 7) is 0. The zero-order chi connectivity index (χ0) is 14.2. The van der Waals surface area contributed by atoms with Crippen molar-refractivity contribution in [3.63, 3.8) is 0 Å². The molecule has 0 radical (unpaired) electrons. The zero-order valence-electron chi connectivity index (χ0n) is 9.51. The van der Waals surface area contributed by atoms with E-state index in [2.05, 4.69) is 15.9 Å². The lowest BCUT2D eigenvalue weighted by molar-refractivity contribution is -0.384. The summed E-state index contributed by atoms with van der Waals surface area (Å²) in [6.07, 6.45) is -0.0355. The first-order valence-corrected chi connectivity index (χ1v) is 6.44. The fourth-order valence-corrected chi connectivity index (χ4v) is 2.36. The fraction of sp³-hybridized carbons (Fsp3) is 0.273. The summed E-state index contributed by atoms with van der Waals surface area (Å²) in [5, 5.41) is 10.9. The van der Waals surface area contributed by atoms with E-state index < -0.39 is 28.5 Å². The third-order valence-electron chi connectivity index (χ3n) is 2.81. The van der Waals surface area contributed by atoms with Gasteiger partial charge < -0.3 is 0 Å². The molecule has 1 heterocycles. The number of amides is 2. The molecule has 1 aliphatic rings. The normalized spacial score (nSPS) is 19.1. The van der Waals surface area contributed by atoms with Crippen molar-refractivity contribution in [2.45, 2.75) is 6.42 Å². The number of nitrogens with zero attached hydrogens (tertiary/aromatic N) is 2. The summed E-state index contributed by atoms with van der Waals surface area (Å²) in [7, 11) is 0. The number of non-ortho nitro benzene ring substituents is 1. The van der Waals surface area contributed by atoms with Crippen molar-refractivity contribution in [1.29, 1.82) is 0 Å². The number of hydrogen-bond donors (Lipinski definition) is 0. The maximum absolute atomic E-state index is 13.7. The number of halogens is 2. The van der Waals surface area contributed by atoms with Crippen LogP contribution in [0.25, 0.3) is 0 Å². The molecule has 0 N–H and O–H groups in total. The molecule has 1 aromatic carbocycles. The number of nitro groups is 1. The minimum absolute atomic E-state index is 0.0355. The van der Waals surface area contributed by atoms with E-state index in [1.165, 1.54) is 0 Å². The van der Waals surface area contributed by atoms with Gasteiger partial charge in [0.15, 0.2) is 0 Å². The first-order chi connectivity index (χ1) is 8.95. The summed E-state index contributed by atoms with van der Waals surface area (Å²) in [4.78, 5) is 34.3. The quantitative estimate of drug-likeness (QED) is 0.367. The van der Waals surface area contributed by atoms with E-state index in [4.69, 9.17) is 0 Å². The van der Waals surface area contributed by atoms with E-state index in [0.29, 0.717) is 4.90 Å². The molecule has 8 heteroatoms. The summed E-state index contributed by atoms with van der Waals surface area (Å²) in [5.74, 6) is -2.52. The second-order valence-electron chi connectivity index (χ2n) is 4.02. The Morgan fingerprint density at radius 1 is 1.47 bits per heavy atom. The highest BCUT2D eigenvalue weighted by molar-refractivity contribution is 9.09. The van der Waals surface area contributed by atoms with Gasteiger partial charge in [-0.25, -0.2) is 9.29 Å². The van der Waals surface area contributed by atoms with Crippen molar-refractivity contribution in [3.8, 4) is 0 Å². The highest BCUT2D eigenvalue weighted by Gasteiger charge is 2.40. The van der Waals surface area contributed by atoms with Crippen LogP contribution in [0.1, 0.15) is 6.42 Å². The van der Waals surface area contributed by atoms with Crippen LogP contribution >= 0.6 is 15.9 Å². The Hall–Kier alpha value is -1.83. The second kappa shape index (κ2) is 5.04. The summed E-state index contributed by atoms with van der Waals surface area (Å²) < 4.78 is 13.7. The monoisotopic (exact) mass is 330 g/mol. The Bertz CT molecular complexity index is 578. The number of nitro benzene ring substituents is 1. The van der Waals surface area contributed by atoms with E-state index in [-0.39, 0.29) is 23.1 Å². The smallest absolute Gasteiger partial charge is 0.271 e. The van der Waals surface area contributed by atoms with E-state index in [9.17, 15) is 24.1 Å². The Morgan fingerprint density at radius 2 is 2.16 bits per heavy atom. The van der Waals surface area contributed by atoms with Crippen LogP contribution in [-0.4, -0.2) is 22.1 Å². The van der Waals surface area contributed by atoms with Gasteiger partial charge in [0, 0.05) is 23.9 Å². The summed E-state index contributed by atoms with van der Waals surface area (Å²) in [5.41, 5.74) is -0.744. The number of benzene rings is 1. The predicted molar refractivity (Wildman–Crippen MR) is 67.4 cm³/mol. The molecule has 0 aliphatic carbocycles. The first kappa shape index (κ1) is 13.6. The van der Waals surface area contributed by atoms with Crippen LogP contribution in [0.3, 0.4) is 0 Å². The van der Waals surface area contributed by atoms with Crippen LogP contribution in [-0.2, 0) is 9.59 Å². The second-order valence-corrected chi connectivity index (χ2v) is 4.66. The number of rotatable bonds is 3. The van der Waals surface area contributed by atoms with Gasteiger partial charge in [-0.15, -0.1) is 0 Å². The average molecular weight is 331 g/mol. The first-order valence-electron chi connectivity index (χ1n) is 5.32. The molecule has 1 fully saturated rings. The third kappa shape index (κ3) is 2.35. The van der Waals surface area contributed by atoms with Gasteiger partial charge in [-0.2, -0.15) is 0 Å². The Morgan fingerprint density at radius 3 is 2.68 bits per heavy atom. The lowest BCUT2D eigenvalue weighted by Gasteiger charge is -2.15. The van der Waals surface area contributed by atoms with E-state index >= 15 is 0 Å². The summed E-state index contributed by atoms with van der Waals surface area (Å²) in [6, 6.07) is 2.74. The Balaban J connectivity index is 2.47. The number of alkyl halides is 1. The maximum Gasteiger partial charge on any atom is 0.271 e. The molecule has 1 saturated heterocycles. The van der Waals surface area contributed by atoms with E-state index in [0.717, 1.165) is 18.2 Å². The van der Waals surface area contributed by atoms with Crippen LogP contribution in [0.15, 0.2) is 18.2 Å². The molecule has 1 unspecified atom stereocenters. The van der Waals surface area contributed by atoms with Gasteiger partial charge >= 0.3 is 0 Å². The topological polar surface area (TPSA) is 80.5 Å². The maximum atomic E-state index is 13.7. The molecule has 0 bridgehead atoms. The van der Waals surface area contributed by atoms with Crippen molar-refractivity contribution in [3.05, 3.63) is 34.1 Å². The van der Waals surface area contributed by atoms with Crippen LogP contribution < -0.4 is 4.90 Å². The molecular weight excluding hydrogens is 323 g/mol. The van der Waals surface area contributed by atoms with Crippen LogP contribution in [0.2, 0.25) is 0 Å². The lowest BCUT2D eigenvalue weighted by Crippen LogP contribution is -2.31. The van der Waals surface area contributed by atoms with E-state index in [1.54, 1.807) is 0 Å². The largest absolute Gasteiger partial charge is 0.274 e. The van der Waals surface area contributed by atoms with Gasteiger partial charge in [-0.05, 0) is 6.07 Å². The molecule has 19 heavy (non-hydrogen) atoms. The molecule has 2 rings (SSSR count). The molecule has 0 spiro atoms. The minimum atomic E-state index is -0.845. The van der Waals surface area contributed by atoms with Crippen molar-refractivity contribution < 1.29 is 18.9 Å². The lowest BCUT2D eigenvalue weighted by atomic mass is 10.1. The Kier molecular flexibility index (Phi) is 3.61. The predicted octanol–water partition coefficient (Wildman–Crippen LogP) is 2.01. The zero-order valence-corrected chi connectivity index (χ0v) is 11.1. The van der Waals surface area contributed by atoms with Gasteiger partial charge in [0.2, 0.25) is 11.8 Å². The molecule has 1 atom stereocenters. The van der Waals surface area contributed by atoms with Gasteiger partial charge in [0.25, 0.3) is 5.69 Å². The average Bonchev–Trinajstić information content (AvgIpc) is 2.65. The highest BCUT2D eigenvalue weighted by Crippen LogP contribution is 2.31. The van der Waals surface area contributed by atoms with E-state index in [1.807, 2.05) is 0 Å². The SMILES string of the molecule is O=C1CC(CBr)C(=O)N1c1cc([N+](=O)[O-])ccc1F. The molecular formula is C11H8BrFN2O4. The number of anilines is 1.